The van der Waals surface area contributed by atoms with Crippen LogP contribution in [-0.2, 0) is 13.2 Å². The molecule has 5 rings (SSSR count). The number of carbonyl (C=O) groups excluding carboxylic acids is 1. The van der Waals surface area contributed by atoms with Gasteiger partial charge in [0.05, 0.1) is 23.2 Å². The van der Waals surface area contributed by atoms with Gasteiger partial charge in [0, 0.05) is 12.1 Å². The summed E-state index contributed by atoms with van der Waals surface area (Å²) in [6.45, 7) is 0.728. The molecule has 1 amide bonds. The third-order valence-electron chi connectivity index (χ3n) is 6.79. The van der Waals surface area contributed by atoms with Crippen LogP contribution in [0.5, 0.6) is 11.5 Å². The molecule has 6 heteroatoms. The van der Waals surface area contributed by atoms with Gasteiger partial charge in [-0.25, -0.2) is 0 Å². The lowest BCUT2D eigenvalue weighted by molar-refractivity contribution is 0.0690. The molecule has 0 aliphatic carbocycles. The van der Waals surface area contributed by atoms with Gasteiger partial charge < -0.3 is 14.4 Å². The fraction of sp³-hybridized carbons (Fsp3) is 0.114. The van der Waals surface area contributed by atoms with E-state index in [1.54, 1.807) is 25.3 Å². The molecule has 0 aromatic heterocycles. The Hall–Kier alpha value is -4.25. The molecule has 0 heterocycles. The normalized spacial score (nSPS) is 10.8. The Labute approximate surface area is 250 Å². The summed E-state index contributed by atoms with van der Waals surface area (Å²) in [6.07, 6.45) is 0. The molecule has 0 bridgehead atoms. The zero-order valence-electron chi connectivity index (χ0n) is 22.5. The second-order valence-corrected chi connectivity index (χ2v) is 10.4. The van der Waals surface area contributed by atoms with Crippen LogP contribution in [0.25, 0.3) is 0 Å². The van der Waals surface area contributed by atoms with E-state index in [1.807, 2.05) is 114 Å². The zero-order valence-corrected chi connectivity index (χ0v) is 24.1. The van der Waals surface area contributed by atoms with Gasteiger partial charge in [0.1, 0.15) is 6.61 Å². The first-order chi connectivity index (χ1) is 20.0. The number of nitrogens with zero attached hydrogens (tertiary/aromatic N) is 1. The van der Waals surface area contributed by atoms with Crippen molar-refractivity contribution in [2.24, 2.45) is 0 Å². The number of amides is 1. The van der Waals surface area contributed by atoms with Crippen LogP contribution in [-0.4, -0.2) is 17.9 Å². The van der Waals surface area contributed by atoms with Gasteiger partial charge in [-0.3, -0.25) is 4.79 Å². The summed E-state index contributed by atoms with van der Waals surface area (Å²) >= 11 is 12.5. The largest absolute Gasteiger partial charge is 0.493 e. The molecule has 5 aromatic rings. The fourth-order valence-corrected chi connectivity index (χ4v) is 5.06. The molecule has 0 N–H and O–H groups in total. The van der Waals surface area contributed by atoms with Crippen molar-refractivity contribution in [3.8, 4) is 11.5 Å². The SMILES string of the molecule is COc1cc(CN(C(=O)c2ccc(Cl)c(Cl)c2)C(c2ccccc2)c2ccccc2)ccc1OCc1ccccc1. The highest BCUT2D eigenvalue weighted by molar-refractivity contribution is 6.42. The zero-order chi connectivity index (χ0) is 28.6. The van der Waals surface area contributed by atoms with Crippen LogP contribution in [0.4, 0.5) is 0 Å². The van der Waals surface area contributed by atoms with Gasteiger partial charge in [0.2, 0.25) is 0 Å². The van der Waals surface area contributed by atoms with E-state index in [0.717, 1.165) is 22.3 Å². The third kappa shape index (κ3) is 6.91. The van der Waals surface area contributed by atoms with E-state index in [0.29, 0.717) is 40.3 Å². The van der Waals surface area contributed by atoms with Crippen molar-refractivity contribution in [1.82, 2.24) is 4.90 Å². The highest BCUT2D eigenvalue weighted by atomic mass is 35.5. The van der Waals surface area contributed by atoms with Gasteiger partial charge in [-0.05, 0) is 52.6 Å². The van der Waals surface area contributed by atoms with Crippen molar-refractivity contribution < 1.29 is 14.3 Å². The summed E-state index contributed by atoms with van der Waals surface area (Å²) in [6, 6.07) is 40.4. The second kappa shape index (κ2) is 13.4. The summed E-state index contributed by atoms with van der Waals surface area (Å²) in [4.78, 5) is 16.1. The van der Waals surface area contributed by atoms with Crippen LogP contribution in [0.15, 0.2) is 127 Å². The van der Waals surface area contributed by atoms with Gasteiger partial charge in [-0.15, -0.1) is 0 Å². The first-order valence-electron chi connectivity index (χ1n) is 13.2. The highest BCUT2D eigenvalue weighted by Crippen LogP contribution is 2.35. The molecular formula is C35H29Cl2NO3. The minimum absolute atomic E-state index is 0.176. The summed E-state index contributed by atoms with van der Waals surface area (Å²) < 4.78 is 11.8. The predicted molar refractivity (Wildman–Crippen MR) is 165 cm³/mol. The molecule has 0 saturated carbocycles. The molecule has 0 unspecified atom stereocenters. The number of hydrogen-bond donors (Lipinski definition) is 0. The lowest BCUT2D eigenvalue weighted by Gasteiger charge is -2.33. The van der Waals surface area contributed by atoms with E-state index in [9.17, 15) is 4.79 Å². The quantitative estimate of drug-likeness (QED) is 0.165. The lowest BCUT2D eigenvalue weighted by Crippen LogP contribution is -2.35. The number of ether oxygens (including phenoxy) is 2. The average molecular weight is 583 g/mol. The predicted octanol–water partition coefficient (Wildman–Crippen LogP) is 9.01. The van der Waals surface area contributed by atoms with Gasteiger partial charge in [-0.1, -0.05) is 120 Å². The molecule has 206 valence electrons. The van der Waals surface area contributed by atoms with Crippen LogP contribution in [0.1, 0.15) is 38.7 Å². The molecule has 0 fully saturated rings. The number of halogens is 2. The summed E-state index contributed by atoms with van der Waals surface area (Å²) in [5.74, 6) is 1.05. The van der Waals surface area contributed by atoms with Crippen LogP contribution >= 0.6 is 23.2 Å². The van der Waals surface area contributed by atoms with Gasteiger partial charge in [0.15, 0.2) is 11.5 Å². The van der Waals surface area contributed by atoms with Crippen molar-refractivity contribution in [3.05, 3.63) is 165 Å². The Morgan fingerprint density at radius 1 is 0.683 bits per heavy atom. The third-order valence-corrected chi connectivity index (χ3v) is 7.53. The van der Waals surface area contributed by atoms with E-state index in [4.69, 9.17) is 32.7 Å². The number of hydrogen-bond acceptors (Lipinski definition) is 3. The maximum absolute atomic E-state index is 14.2. The van der Waals surface area contributed by atoms with E-state index >= 15 is 0 Å². The fourth-order valence-electron chi connectivity index (χ4n) is 4.76. The monoisotopic (exact) mass is 581 g/mol. The minimum atomic E-state index is -0.362. The molecule has 0 aliphatic rings. The Bertz CT molecular complexity index is 1560. The average Bonchev–Trinajstić information content (AvgIpc) is 3.02. The molecule has 0 atom stereocenters. The number of benzene rings is 5. The molecular weight excluding hydrogens is 553 g/mol. The number of rotatable bonds is 10. The summed E-state index contributed by atoms with van der Waals surface area (Å²) in [5, 5.41) is 0.725. The summed E-state index contributed by atoms with van der Waals surface area (Å²) in [5.41, 5.74) is 4.37. The smallest absolute Gasteiger partial charge is 0.254 e. The molecule has 41 heavy (non-hydrogen) atoms. The van der Waals surface area contributed by atoms with Crippen molar-refractivity contribution in [2.75, 3.05) is 7.11 Å². The highest BCUT2D eigenvalue weighted by Gasteiger charge is 2.28. The second-order valence-electron chi connectivity index (χ2n) is 9.55. The molecule has 0 spiro atoms. The van der Waals surface area contributed by atoms with Gasteiger partial charge in [-0.2, -0.15) is 0 Å². The van der Waals surface area contributed by atoms with Gasteiger partial charge >= 0.3 is 0 Å². The van der Waals surface area contributed by atoms with E-state index in [-0.39, 0.29) is 11.9 Å². The van der Waals surface area contributed by atoms with Crippen molar-refractivity contribution in [2.45, 2.75) is 19.2 Å². The lowest BCUT2D eigenvalue weighted by atomic mass is 9.95. The number of methoxy groups -OCH3 is 1. The topological polar surface area (TPSA) is 38.8 Å². The first-order valence-corrected chi connectivity index (χ1v) is 14.0. The van der Waals surface area contributed by atoms with Crippen LogP contribution in [0.3, 0.4) is 0 Å². The molecule has 0 aliphatic heterocycles. The van der Waals surface area contributed by atoms with Crippen LogP contribution in [0, 0.1) is 0 Å². The standard InChI is InChI=1S/C35H29Cl2NO3/c1-40-33-21-26(17-20-32(33)41-24-25-11-5-2-6-12-25)23-38(35(39)29-18-19-30(36)31(37)22-29)34(27-13-7-3-8-14-27)28-15-9-4-10-16-28/h2-22,34H,23-24H2,1H3. The van der Waals surface area contributed by atoms with Crippen LogP contribution < -0.4 is 9.47 Å². The van der Waals surface area contributed by atoms with Crippen LogP contribution in [0.2, 0.25) is 10.0 Å². The van der Waals surface area contributed by atoms with Crippen molar-refractivity contribution >= 4 is 29.1 Å². The Morgan fingerprint density at radius 2 is 1.29 bits per heavy atom. The van der Waals surface area contributed by atoms with Crippen molar-refractivity contribution in [3.63, 3.8) is 0 Å². The number of carbonyl (C=O) groups is 1. The molecule has 0 saturated heterocycles. The maximum atomic E-state index is 14.2. The molecule has 5 aromatic carbocycles. The maximum Gasteiger partial charge on any atom is 0.254 e. The van der Waals surface area contributed by atoms with Gasteiger partial charge in [0.25, 0.3) is 5.91 Å². The molecule has 4 nitrogen and oxygen atoms in total. The molecule has 0 radical (unpaired) electrons. The first kappa shape index (κ1) is 28.3. The van der Waals surface area contributed by atoms with E-state index < -0.39 is 0 Å². The summed E-state index contributed by atoms with van der Waals surface area (Å²) in [7, 11) is 1.61. The Morgan fingerprint density at radius 3 is 1.88 bits per heavy atom. The van der Waals surface area contributed by atoms with E-state index in [1.165, 1.54) is 0 Å². The minimum Gasteiger partial charge on any atom is -0.493 e. The van der Waals surface area contributed by atoms with E-state index in [2.05, 4.69) is 0 Å². The Kier molecular flexibility index (Phi) is 9.25. The van der Waals surface area contributed by atoms with Crippen molar-refractivity contribution in [1.29, 1.82) is 0 Å². The Balaban J connectivity index is 1.53.